The van der Waals surface area contributed by atoms with Crippen molar-refractivity contribution in [3.05, 3.63) is 23.5 Å². The number of aryl methyl sites for hydroxylation is 1. The Morgan fingerprint density at radius 2 is 2.20 bits per heavy atom. The number of aromatic nitrogens is 1. The quantitative estimate of drug-likeness (QED) is 0.911. The summed E-state index contributed by atoms with van der Waals surface area (Å²) >= 11 is 0. The number of rotatable bonds is 4. The maximum atomic E-state index is 5.36. The number of nitrogens with one attached hydrogen (secondary N) is 1. The molecule has 2 aliphatic rings. The lowest BCUT2D eigenvalue weighted by molar-refractivity contribution is 0.110. The topological polar surface area (TPSA) is 37.4 Å². The highest BCUT2D eigenvalue weighted by Crippen LogP contribution is 2.36. The molecule has 1 aliphatic carbocycles. The van der Waals surface area contributed by atoms with Gasteiger partial charge in [0.1, 0.15) is 5.75 Å². The first-order valence-corrected chi connectivity index (χ1v) is 7.64. The second kappa shape index (κ2) is 5.70. The molecule has 4 nitrogen and oxygen atoms in total. The molecule has 0 radical (unpaired) electrons. The van der Waals surface area contributed by atoms with E-state index in [0.29, 0.717) is 12.1 Å². The Hall–Kier alpha value is -1.13. The molecule has 2 atom stereocenters. The molecule has 1 aromatic heterocycles. The summed E-state index contributed by atoms with van der Waals surface area (Å²) in [6, 6.07) is 5.31. The SMILES string of the molecule is COc1cc(C)nc(CN2CC(C)NCC2C2CC2)c1. The molecule has 20 heavy (non-hydrogen) atoms. The highest BCUT2D eigenvalue weighted by Gasteiger charge is 2.37. The van der Waals surface area contributed by atoms with Gasteiger partial charge >= 0.3 is 0 Å². The van der Waals surface area contributed by atoms with Crippen molar-refractivity contribution in [2.45, 2.75) is 45.3 Å². The molecule has 0 aromatic carbocycles. The van der Waals surface area contributed by atoms with E-state index in [-0.39, 0.29) is 0 Å². The van der Waals surface area contributed by atoms with Crippen molar-refractivity contribution in [3.8, 4) is 5.75 Å². The minimum Gasteiger partial charge on any atom is -0.497 e. The van der Waals surface area contributed by atoms with E-state index >= 15 is 0 Å². The molecule has 3 rings (SSSR count). The van der Waals surface area contributed by atoms with E-state index in [9.17, 15) is 0 Å². The molecule has 0 amide bonds. The van der Waals surface area contributed by atoms with Crippen LogP contribution in [0.15, 0.2) is 12.1 Å². The normalized spacial score (nSPS) is 27.6. The second-order valence-electron chi connectivity index (χ2n) is 6.28. The van der Waals surface area contributed by atoms with Gasteiger partial charge in [-0.1, -0.05) is 0 Å². The van der Waals surface area contributed by atoms with Crippen molar-refractivity contribution < 1.29 is 4.74 Å². The van der Waals surface area contributed by atoms with Crippen LogP contribution in [0, 0.1) is 12.8 Å². The predicted octanol–water partition coefficient (Wildman–Crippen LogP) is 1.97. The molecule has 2 heterocycles. The lowest BCUT2D eigenvalue weighted by atomic mass is 10.1. The largest absolute Gasteiger partial charge is 0.497 e. The maximum absolute atomic E-state index is 5.36. The molecule has 110 valence electrons. The van der Waals surface area contributed by atoms with Crippen molar-refractivity contribution in [2.75, 3.05) is 20.2 Å². The van der Waals surface area contributed by atoms with Crippen LogP contribution in [0.1, 0.15) is 31.2 Å². The molecule has 0 spiro atoms. The minimum absolute atomic E-state index is 0.566. The fourth-order valence-corrected chi connectivity index (χ4v) is 3.24. The van der Waals surface area contributed by atoms with Gasteiger partial charge in [-0.2, -0.15) is 0 Å². The van der Waals surface area contributed by atoms with Gasteiger partial charge in [0.15, 0.2) is 0 Å². The molecule has 0 bridgehead atoms. The van der Waals surface area contributed by atoms with Crippen LogP contribution in [-0.2, 0) is 6.54 Å². The summed E-state index contributed by atoms with van der Waals surface area (Å²) in [5.41, 5.74) is 2.16. The highest BCUT2D eigenvalue weighted by atomic mass is 16.5. The Balaban J connectivity index is 1.75. The van der Waals surface area contributed by atoms with E-state index in [4.69, 9.17) is 4.74 Å². The van der Waals surface area contributed by atoms with E-state index < -0.39 is 0 Å². The van der Waals surface area contributed by atoms with Gasteiger partial charge in [0.2, 0.25) is 0 Å². The fourth-order valence-electron chi connectivity index (χ4n) is 3.24. The standard InChI is InChI=1S/C16H25N3O/c1-11-6-15(20-3)7-14(18-11)10-19-9-12(2)17-8-16(19)13-4-5-13/h6-7,12-13,16-17H,4-5,8-10H2,1-3H3. The summed E-state index contributed by atoms with van der Waals surface area (Å²) in [6.45, 7) is 7.46. The van der Waals surface area contributed by atoms with E-state index in [2.05, 4.69) is 28.2 Å². The van der Waals surface area contributed by atoms with E-state index in [0.717, 1.165) is 42.7 Å². The number of pyridine rings is 1. The molecule has 1 N–H and O–H groups in total. The molecule has 2 fully saturated rings. The zero-order valence-electron chi connectivity index (χ0n) is 12.7. The van der Waals surface area contributed by atoms with E-state index in [1.807, 2.05) is 13.0 Å². The van der Waals surface area contributed by atoms with Crippen molar-refractivity contribution in [3.63, 3.8) is 0 Å². The third kappa shape index (κ3) is 3.13. The zero-order valence-corrected chi connectivity index (χ0v) is 12.7. The van der Waals surface area contributed by atoms with Crippen molar-refractivity contribution >= 4 is 0 Å². The summed E-state index contributed by atoms with van der Waals surface area (Å²) in [5, 5.41) is 3.62. The summed E-state index contributed by atoms with van der Waals surface area (Å²) < 4.78 is 5.36. The van der Waals surface area contributed by atoms with E-state index in [1.54, 1.807) is 7.11 Å². The van der Waals surface area contributed by atoms with Gasteiger partial charge in [0.25, 0.3) is 0 Å². The van der Waals surface area contributed by atoms with Crippen LogP contribution in [0.4, 0.5) is 0 Å². The monoisotopic (exact) mass is 275 g/mol. The molecule has 1 saturated heterocycles. The van der Waals surface area contributed by atoms with Crippen LogP contribution in [-0.4, -0.2) is 42.2 Å². The highest BCUT2D eigenvalue weighted by molar-refractivity contribution is 5.26. The Labute approximate surface area is 121 Å². The number of hydrogen-bond acceptors (Lipinski definition) is 4. The van der Waals surface area contributed by atoms with Gasteiger partial charge in [-0.25, -0.2) is 0 Å². The maximum Gasteiger partial charge on any atom is 0.122 e. The molecular formula is C16H25N3O. The molecule has 2 unspecified atom stereocenters. The third-order valence-corrected chi connectivity index (χ3v) is 4.40. The van der Waals surface area contributed by atoms with Gasteiger partial charge in [-0.3, -0.25) is 9.88 Å². The summed E-state index contributed by atoms with van der Waals surface area (Å²) in [4.78, 5) is 7.28. The number of ether oxygens (including phenoxy) is 1. The first-order valence-electron chi connectivity index (χ1n) is 7.64. The first kappa shape index (κ1) is 13.8. The Bertz CT molecular complexity index is 473. The fraction of sp³-hybridized carbons (Fsp3) is 0.688. The lowest BCUT2D eigenvalue weighted by Gasteiger charge is -2.39. The second-order valence-corrected chi connectivity index (χ2v) is 6.28. The third-order valence-electron chi connectivity index (χ3n) is 4.40. The van der Waals surface area contributed by atoms with Crippen molar-refractivity contribution in [2.24, 2.45) is 5.92 Å². The van der Waals surface area contributed by atoms with Gasteiger partial charge < -0.3 is 10.1 Å². The first-order chi connectivity index (χ1) is 9.65. The molecule has 1 saturated carbocycles. The van der Waals surface area contributed by atoms with Crippen molar-refractivity contribution in [1.82, 2.24) is 15.2 Å². The predicted molar refractivity (Wildman–Crippen MR) is 79.9 cm³/mol. The Morgan fingerprint density at radius 1 is 1.40 bits per heavy atom. The molecule has 1 aliphatic heterocycles. The lowest BCUT2D eigenvalue weighted by Crippen LogP contribution is -2.55. The van der Waals surface area contributed by atoms with Crippen LogP contribution >= 0.6 is 0 Å². The average Bonchev–Trinajstić information content (AvgIpc) is 3.22. The van der Waals surface area contributed by atoms with Crippen LogP contribution in [0.2, 0.25) is 0 Å². The molecule has 1 aromatic rings. The summed E-state index contributed by atoms with van der Waals surface area (Å²) in [6.07, 6.45) is 2.78. The number of hydrogen-bond donors (Lipinski definition) is 1. The van der Waals surface area contributed by atoms with E-state index in [1.165, 1.54) is 12.8 Å². The zero-order chi connectivity index (χ0) is 14.1. The smallest absolute Gasteiger partial charge is 0.122 e. The Morgan fingerprint density at radius 3 is 2.90 bits per heavy atom. The number of nitrogens with zero attached hydrogens (tertiary/aromatic N) is 2. The number of piperazine rings is 1. The summed E-state index contributed by atoms with van der Waals surface area (Å²) in [5.74, 6) is 1.81. The average molecular weight is 275 g/mol. The molecular weight excluding hydrogens is 250 g/mol. The van der Waals surface area contributed by atoms with Crippen molar-refractivity contribution in [1.29, 1.82) is 0 Å². The van der Waals surface area contributed by atoms with Gasteiger partial charge in [-0.15, -0.1) is 0 Å². The van der Waals surface area contributed by atoms with Gasteiger partial charge in [-0.05, 0) is 32.6 Å². The Kier molecular flexibility index (Phi) is 3.94. The van der Waals surface area contributed by atoms with Crippen LogP contribution in [0.5, 0.6) is 5.75 Å². The van der Waals surface area contributed by atoms with Crippen LogP contribution in [0.3, 0.4) is 0 Å². The number of methoxy groups -OCH3 is 1. The molecule has 4 heteroatoms. The van der Waals surface area contributed by atoms with Crippen LogP contribution < -0.4 is 10.1 Å². The van der Waals surface area contributed by atoms with Gasteiger partial charge in [0.05, 0.1) is 12.8 Å². The summed E-state index contributed by atoms with van der Waals surface area (Å²) in [7, 11) is 1.72. The van der Waals surface area contributed by atoms with Crippen LogP contribution in [0.25, 0.3) is 0 Å². The van der Waals surface area contributed by atoms with Gasteiger partial charge in [0, 0.05) is 49.5 Å². The minimum atomic E-state index is 0.566.